The molecule has 0 atom stereocenters. The second-order valence-corrected chi connectivity index (χ2v) is 6.61. The lowest BCUT2D eigenvalue weighted by molar-refractivity contribution is 0.0458. The second kappa shape index (κ2) is 5.67. The van der Waals surface area contributed by atoms with Gasteiger partial charge in [0.25, 0.3) is 9.05 Å². The third-order valence-electron chi connectivity index (χ3n) is 1.98. The number of carbonyl (C=O) groups excluding carboxylic acids is 1. The van der Waals surface area contributed by atoms with Gasteiger partial charge in [-0.05, 0) is 24.1 Å². The predicted molar refractivity (Wildman–Crippen MR) is 64.6 cm³/mol. The highest BCUT2D eigenvalue weighted by Gasteiger charge is 2.19. The fraction of sp³-hybridized carbons (Fsp3) is 0.364. The minimum atomic E-state index is -4.23. The number of carbonyl (C=O) groups is 1. The standard InChI is InChI=1S/C11H12ClFO4S/c1-7(2)6-17-11(14)8-3-4-9(13)10(5-8)18(12,15)16/h3-5,7H,6H2,1-2H3. The minimum Gasteiger partial charge on any atom is -0.462 e. The van der Waals surface area contributed by atoms with Crippen LogP contribution in [0.1, 0.15) is 24.2 Å². The van der Waals surface area contributed by atoms with Gasteiger partial charge < -0.3 is 4.74 Å². The van der Waals surface area contributed by atoms with Gasteiger partial charge in [-0.2, -0.15) is 0 Å². The highest BCUT2D eigenvalue weighted by Crippen LogP contribution is 2.20. The van der Waals surface area contributed by atoms with Crippen LogP contribution in [0, 0.1) is 11.7 Å². The molecule has 18 heavy (non-hydrogen) atoms. The molecule has 0 radical (unpaired) electrons. The summed E-state index contributed by atoms with van der Waals surface area (Å²) in [5.74, 6) is -1.58. The van der Waals surface area contributed by atoms with Crippen molar-refractivity contribution in [1.29, 1.82) is 0 Å². The van der Waals surface area contributed by atoms with Crippen molar-refractivity contribution < 1.29 is 22.3 Å². The van der Waals surface area contributed by atoms with E-state index in [1.807, 2.05) is 13.8 Å². The van der Waals surface area contributed by atoms with E-state index in [1.165, 1.54) is 0 Å². The van der Waals surface area contributed by atoms with Crippen LogP contribution in [-0.2, 0) is 13.8 Å². The van der Waals surface area contributed by atoms with Gasteiger partial charge in [0.2, 0.25) is 0 Å². The van der Waals surface area contributed by atoms with Crippen molar-refractivity contribution in [2.45, 2.75) is 18.7 Å². The molecule has 0 unspecified atom stereocenters. The number of esters is 1. The Bertz CT molecular complexity index is 554. The van der Waals surface area contributed by atoms with Crippen LogP contribution in [0.15, 0.2) is 23.1 Å². The van der Waals surface area contributed by atoms with Gasteiger partial charge in [-0.25, -0.2) is 17.6 Å². The maximum atomic E-state index is 13.2. The molecule has 1 aromatic rings. The molecule has 0 saturated carbocycles. The molecule has 0 saturated heterocycles. The van der Waals surface area contributed by atoms with Crippen molar-refractivity contribution >= 4 is 25.7 Å². The lowest BCUT2D eigenvalue weighted by Crippen LogP contribution is -2.11. The fourth-order valence-corrected chi connectivity index (χ4v) is 2.07. The number of hydrogen-bond donors (Lipinski definition) is 0. The van der Waals surface area contributed by atoms with E-state index in [9.17, 15) is 17.6 Å². The van der Waals surface area contributed by atoms with E-state index in [2.05, 4.69) is 0 Å². The van der Waals surface area contributed by atoms with Crippen LogP contribution in [0.3, 0.4) is 0 Å². The Morgan fingerprint density at radius 1 is 1.44 bits per heavy atom. The molecule has 0 aliphatic rings. The van der Waals surface area contributed by atoms with E-state index in [4.69, 9.17) is 15.4 Å². The first-order valence-corrected chi connectivity index (χ1v) is 7.44. The van der Waals surface area contributed by atoms with Crippen molar-refractivity contribution in [2.75, 3.05) is 6.61 Å². The van der Waals surface area contributed by atoms with Gasteiger partial charge in [-0.1, -0.05) is 13.8 Å². The van der Waals surface area contributed by atoms with E-state index in [-0.39, 0.29) is 18.1 Å². The normalized spacial score (nSPS) is 11.6. The van der Waals surface area contributed by atoms with Crippen molar-refractivity contribution in [2.24, 2.45) is 5.92 Å². The maximum Gasteiger partial charge on any atom is 0.338 e. The van der Waals surface area contributed by atoms with Crippen LogP contribution < -0.4 is 0 Å². The predicted octanol–water partition coefficient (Wildman–Crippen LogP) is 2.57. The summed E-state index contributed by atoms with van der Waals surface area (Å²) >= 11 is 0. The highest BCUT2D eigenvalue weighted by atomic mass is 35.7. The second-order valence-electron chi connectivity index (χ2n) is 4.08. The van der Waals surface area contributed by atoms with Crippen LogP contribution in [0.5, 0.6) is 0 Å². The van der Waals surface area contributed by atoms with Gasteiger partial charge in [0.05, 0.1) is 12.2 Å². The third-order valence-corrected chi connectivity index (χ3v) is 3.31. The quantitative estimate of drug-likeness (QED) is 0.632. The molecule has 0 aromatic heterocycles. The summed E-state index contributed by atoms with van der Waals surface area (Å²) in [5.41, 5.74) is -0.0590. The van der Waals surface area contributed by atoms with E-state index in [0.717, 1.165) is 18.2 Å². The van der Waals surface area contributed by atoms with Crippen molar-refractivity contribution in [3.8, 4) is 0 Å². The van der Waals surface area contributed by atoms with E-state index >= 15 is 0 Å². The van der Waals surface area contributed by atoms with Gasteiger partial charge in [0.1, 0.15) is 10.7 Å². The fourth-order valence-electron chi connectivity index (χ4n) is 1.14. The number of halogens is 2. The monoisotopic (exact) mass is 294 g/mol. The molecule has 1 aromatic carbocycles. The first-order valence-electron chi connectivity index (χ1n) is 5.13. The summed E-state index contributed by atoms with van der Waals surface area (Å²) in [6, 6.07) is 2.87. The van der Waals surface area contributed by atoms with E-state index in [0.29, 0.717) is 0 Å². The Morgan fingerprint density at radius 3 is 2.56 bits per heavy atom. The molecule has 7 heteroatoms. The van der Waals surface area contributed by atoms with Crippen LogP contribution in [0.25, 0.3) is 0 Å². The third kappa shape index (κ3) is 3.96. The summed E-state index contributed by atoms with van der Waals surface area (Å²) in [7, 11) is 0.817. The van der Waals surface area contributed by atoms with Crippen molar-refractivity contribution in [1.82, 2.24) is 0 Å². The largest absolute Gasteiger partial charge is 0.462 e. The van der Waals surface area contributed by atoms with Gasteiger partial charge in [0, 0.05) is 10.7 Å². The zero-order valence-electron chi connectivity index (χ0n) is 9.81. The summed E-state index contributed by atoms with van der Waals surface area (Å²) in [6.45, 7) is 3.90. The molecule has 0 bridgehead atoms. The summed E-state index contributed by atoms with van der Waals surface area (Å²) in [4.78, 5) is 10.8. The topological polar surface area (TPSA) is 60.4 Å². The molecule has 1 rings (SSSR count). The molecule has 0 amide bonds. The SMILES string of the molecule is CC(C)COC(=O)c1ccc(F)c(S(=O)(=O)Cl)c1. The Labute approximate surface area is 109 Å². The van der Waals surface area contributed by atoms with E-state index < -0.39 is 25.7 Å². The van der Waals surface area contributed by atoms with Gasteiger partial charge in [-0.15, -0.1) is 0 Å². The number of benzene rings is 1. The average molecular weight is 295 g/mol. The lowest BCUT2D eigenvalue weighted by atomic mass is 10.2. The Morgan fingerprint density at radius 2 is 2.06 bits per heavy atom. The molecule has 0 fully saturated rings. The zero-order valence-corrected chi connectivity index (χ0v) is 11.4. The molecule has 4 nitrogen and oxygen atoms in total. The molecule has 0 aliphatic carbocycles. The highest BCUT2D eigenvalue weighted by molar-refractivity contribution is 8.13. The zero-order chi connectivity index (χ0) is 13.9. The Balaban J connectivity index is 3.02. The van der Waals surface area contributed by atoms with E-state index in [1.54, 1.807) is 0 Å². The minimum absolute atomic E-state index is 0.0590. The van der Waals surface area contributed by atoms with Crippen LogP contribution in [0.4, 0.5) is 4.39 Å². The van der Waals surface area contributed by atoms with Gasteiger partial charge in [0.15, 0.2) is 0 Å². The van der Waals surface area contributed by atoms with Gasteiger partial charge in [-0.3, -0.25) is 0 Å². The molecule has 100 valence electrons. The van der Waals surface area contributed by atoms with Crippen LogP contribution in [-0.4, -0.2) is 21.0 Å². The molecule has 0 aliphatic heterocycles. The first kappa shape index (κ1) is 14.9. The lowest BCUT2D eigenvalue weighted by Gasteiger charge is -2.08. The Kier molecular flexibility index (Phi) is 4.70. The molecular formula is C11H12ClFO4S. The summed E-state index contributed by atoms with van der Waals surface area (Å²) < 4.78 is 40.3. The number of rotatable bonds is 4. The molecule has 0 heterocycles. The maximum absolute atomic E-state index is 13.2. The number of hydrogen-bond acceptors (Lipinski definition) is 4. The Hall–Kier alpha value is -1.14. The van der Waals surface area contributed by atoms with Crippen LogP contribution >= 0.6 is 10.7 Å². The number of ether oxygens (including phenoxy) is 1. The van der Waals surface area contributed by atoms with Gasteiger partial charge >= 0.3 is 5.97 Å². The van der Waals surface area contributed by atoms with Crippen molar-refractivity contribution in [3.63, 3.8) is 0 Å². The first-order chi connectivity index (χ1) is 8.21. The summed E-state index contributed by atoms with van der Waals surface area (Å²) in [5, 5.41) is 0. The van der Waals surface area contributed by atoms with Crippen molar-refractivity contribution in [3.05, 3.63) is 29.6 Å². The van der Waals surface area contributed by atoms with Crippen LogP contribution in [0.2, 0.25) is 0 Å². The smallest absolute Gasteiger partial charge is 0.338 e. The molecule has 0 spiro atoms. The molecular weight excluding hydrogens is 283 g/mol. The molecule has 0 N–H and O–H groups in total. The summed E-state index contributed by atoms with van der Waals surface area (Å²) in [6.07, 6.45) is 0. The average Bonchev–Trinajstić information content (AvgIpc) is 2.24.